The van der Waals surface area contributed by atoms with E-state index in [1.165, 1.54) is 4.68 Å². The highest BCUT2D eigenvalue weighted by atomic mass is 79.9. The molecule has 0 saturated heterocycles. The molecule has 1 aromatic heterocycles. The predicted octanol–water partition coefficient (Wildman–Crippen LogP) is 3.30. The van der Waals surface area contributed by atoms with Gasteiger partial charge in [0.15, 0.2) is 0 Å². The Kier molecular flexibility index (Phi) is 2.63. The molecule has 5 heteroatoms. The lowest BCUT2D eigenvalue weighted by Gasteiger charge is -2.19. The molecule has 0 N–H and O–H groups in total. The van der Waals surface area contributed by atoms with Gasteiger partial charge in [0.05, 0.1) is 5.54 Å². The summed E-state index contributed by atoms with van der Waals surface area (Å²) in [6.07, 6.45) is 0. The van der Waals surface area contributed by atoms with Crippen LogP contribution in [0.15, 0.2) is 9.08 Å². The van der Waals surface area contributed by atoms with E-state index < -0.39 is 0 Å². The van der Waals surface area contributed by atoms with E-state index in [4.69, 9.17) is 0 Å². The van der Waals surface area contributed by atoms with Crippen LogP contribution in [-0.2, 0) is 5.54 Å². The van der Waals surface area contributed by atoms with E-state index in [2.05, 4.69) is 37.0 Å². The molecule has 12 heavy (non-hydrogen) atoms. The van der Waals surface area contributed by atoms with Gasteiger partial charge in [0, 0.05) is 0 Å². The van der Waals surface area contributed by atoms with Gasteiger partial charge in [0.1, 0.15) is 9.08 Å². The maximum atomic E-state index is 13.3. The Bertz CT molecular complexity index is 301. The highest BCUT2D eigenvalue weighted by molar-refractivity contribution is 9.13. The van der Waals surface area contributed by atoms with Gasteiger partial charge in [0.25, 0.3) is 0 Å². The molecular formula is C7H9Br2FN2. The average Bonchev–Trinajstić information content (AvgIpc) is 2.15. The van der Waals surface area contributed by atoms with Gasteiger partial charge in [-0.25, -0.2) is 4.68 Å². The second kappa shape index (κ2) is 3.10. The van der Waals surface area contributed by atoms with Crippen molar-refractivity contribution in [1.29, 1.82) is 0 Å². The fourth-order valence-electron chi connectivity index (χ4n) is 0.798. The van der Waals surface area contributed by atoms with E-state index in [9.17, 15) is 4.39 Å². The normalized spacial score (nSPS) is 12.2. The second-order valence-electron chi connectivity index (χ2n) is 3.48. The number of aromatic nitrogens is 2. The summed E-state index contributed by atoms with van der Waals surface area (Å²) < 4.78 is 15.5. The molecule has 2 nitrogen and oxygen atoms in total. The van der Waals surface area contributed by atoms with Gasteiger partial charge >= 0.3 is 0 Å². The Morgan fingerprint density at radius 3 is 2.00 bits per heavy atom. The molecule has 0 fully saturated rings. The number of halogens is 3. The lowest BCUT2D eigenvalue weighted by atomic mass is 10.1. The summed E-state index contributed by atoms with van der Waals surface area (Å²) in [4.78, 5) is 0. The van der Waals surface area contributed by atoms with Crippen molar-refractivity contribution < 1.29 is 4.39 Å². The fourth-order valence-corrected chi connectivity index (χ4v) is 1.37. The van der Waals surface area contributed by atoms with Gasteiger partial charge < -0.3 is 0 Å². The van der Waals surface area contributed by atoms with Crippen LogP contribution in [0.5, 0.6) is 0 Å². The molecule has 0 atom stereocenters. The van der Waals surface area contributed by atoms with Crippen LogP contribution in [0.25, 0.3) is 0 Å². The Labute approximate surface area is 87.4 Å². The SMILES string of the molecule is CC(C)(C)n1nc(Br)c(Br)c1F. The van der Waals surface area contributed by atoms with E-state index >= 15 is 0 Å². The topological polar surface area (TPSA) is 17.8 Å². The molecule has 1 rings (SSSR count). The number of nitrogens with zero attached hydrogens (tertiary/aromatic N) is 2. The van der Waals surface area contributed by atoms with Crippen molar-refractivity contribution in [2.24, 2.45) is 0 Å². The molecule has 0 aromatic carbocycles. The molecule has 0 radical (unpaired) electrons. The first-order chi connectivity index (χ1) is 5.34. The minimum Gasteiger partial charge on any atom is -0.232 e. The quantitative estimate of drug-likeness (QED) is 0.719. The van der Waals surface area contributed by atoms with Gasteiger partial charge in [-0.2, -0.15) is 9.49 Å². The van der Waals surface area contributed by atoms with Crippen LogP contribution in [0, 0.1) is 5.95 Å². The third kappa shape index (κ3) is 1.71. The first-order valence-corrected chi connectivity index (χ1v) is 5.02. The van der Waals surface area contributed by atoms with Crippen LogP contribution >= 0.6 is 31.9 Å². The number of hydrogen-bond donors (Lipinski definition) is 0. The number of rotatable bonds is 0. The molecule has 0 saturated carbocycles. The molecule has 0 aliphatic heterocycles. The van der Waals surface area contributed by atoms with Gasteiger partial charge in [-0.05, 0) is 52.6 Å². The lowest BCUT2D eigenvalue weighted by Crippen LogP contribution is -2.24. The highest BCUT2D eigenvalue weighted by Crippen LogP contribution is 2.28. The largest absolute Gasteiger partial charge is 0.232 e. The molecule has 0 amide bonds. The second-order valence-corrected chi connectivity index (χ2v) is 5.02. The van der Waals surface area contributed by atoms with Gasteiger partial charge in [-0.1, -0.05) is 0 Å². The Morgan fingerprint density at radius 1 is 1.33 bits per heavy atom. The highest BCUT2D eigenvalue weighted by Gasteiger charge is 2.22. The van der Waals surface area contributed by atoms with E-state index in [0.29, 0.717) is 9.08 Å². The van der Waals surface area contributed by atoms with Crippen LogP contribution in [-0.4, -0.2) is 9.78 Å². The molecule has 0 unspecified atom stereocenters. The summed E-state index contributed by atoms with van der Waals surface area (Å²) >= 11 is 6.23. The van der Waals surface area contributed by atoms with E-state index in [1.54, 1.807) is 0 Å². The molecule has 0 aliphatic rings. The predicted molar refractivity (Wildman–Crippen MR) is 52.6 cm³/mol. The Hall–Kier alpha value is 0.1000. The van der Waals surface area contributed by atoms with E-state index in [0.717, 1.165) is 0 Å². The van der Waals surface area contributed by atoms with E-state index in [-0.39, 0.29) is 11.5 Å². The zero-order chi connectivity index (χ0) is 9.52. The molecule has 0 spiro atoms. The molecule has 0 aliphatic carbocycles. The lowest BCUT2D eigenvalue weighted by molar-refractivity contribution is 0.298. The maximum Gasteiger partial charge on any atom is 0.227 e. The Morgan fingerprint density at radius 2 is 1.83 bits per heavy atom. The summed E-state index contributed by atoms with van der Waals surface area (Å²) in [7, 11) is 0. The van der Waals surface area contributed by atoms with Crippen molar-refractivity contribution in [3.63, 3.8) is 0 Å². The molecular weight excluding hydrogens is 291 g/mol. The summed E-state index contributed by atoms with van der Waals surface area (Å²) in [5.41, 5.74) is -0.335. The van der Waals surface area contributed by atoms with Crippen LogP contribution in [0.2, 0.25) is 0 Å². The minimum absolute atomic E-state index is 0.335. The molecule has 1 heterocycles. The van der Waals surface area contributed by atoms with E-state index in [1.807, 2.05) is 20.8 Å². The average molecular weight is 300 g/mol. The van der Waals surface area contributed by atoms with Crippen LogP contribution in [0.4, 0.5) is 4.39 Å². The smallest absolute Gasteiger partial charge is 0.227 e. The van der Waals surface area contributed by atoms with Gasteiger partial charge in [0.2, 0.25) is 5.95 Å². The van der Waals surface area contributed by atoms with Crippen molar-refractivity contribution in [3.8, 4) is 0 Å². The van der Waals surface area contributed by atoms with Crippen LogP contribution in [0.3, 0.4) is 0 Å². The summed E-state index contributed by atoms with van der Waals surface area (Å²) in [6.45, 7) is 5.67. The molecule has 1 aromatic rings. The van der Waals surface area contributed by atoms with Crippen molar-refractivity contribution in [1.82, 2.24) is 9.78 Å². The van der Waals surface area contributed by atoms with Gasteiger partial charge in [-0.15, -0.1) is 0 Å². The summed E-state index contributed by atoms with van der Waals surface area (Å²) in [5, 5.41) is 3.99. The maximum absolute atomic E-state index is 13.3. The third-order valence-corrected chi connectivity index (χ3v) is 3.16. The van der Waals surface area contributed by atoms with Crippen molar-refractivity contribution in [2.75, 3.05) is 0 Å². The third-order valence-electron chi connectivity index (χ3n) is 1.37. The van der Waals surface area contributed by atoms with Crippen molar-refractivity contribution in [2.45, 2.75) is 26.3 Å². The monoisotopic (exact) mass is 298 g/mol. The van der Waals surface area contributed by atoms with Crippen LogP contribution in [0.1, 0.15) is 20.8 Å². The van der Waals surface area contributed by atoms with Crippen LogP contribution < -0.4 is 0 Å². The zero-order valence-electron chi connectivity index (χ0n) is 7.03. The molecule has 68 valence electrons. The Balaban J connectivity index is 3.28. The fraction of sp³-hybridized carbons (Fsp3) is 0.571. The zero-order valence-corrected chi connectivity index (χ0v) is 10.2. The molecule has 0 bridgehead atoms. The first kappa shape index (κ1) is 10.2. The minimum atomic E-state index is -0.352. The number of hydrogen-bond acceptors (Lipinski definition) is 1. The standard InChI is InChI=1S/C7H9Br2FN2/c1-7(2,3)12-6(10)4(8)5(9)11-12/h1-3H3. The van der Waals surface area contributed by atoms with Crippen molar-refractivity contribution >= 4 is 31.9 Å². The summed E-state index contributed by atoms with van der Waals surface area (Å²) in [6, 6.07) is 0. The summed E-state index contributed by atoms with van der Waals surface area (Å²) in [5.74, 6) is -0.352. The first-order valence-electron chi connectivity index (χ1n) is 3.44. The van der Waals surface area contributed by atoms with Gasteiger partial charge in [-0.3, -0.25) is 0 Å². The van der Waals surface area contributed by atoms with Crippen molar-refractivity contribution in [3.05, 3.63) is 15.0 Å².